The zero-order chi connectivity index (χ0) is 8.10. The van der Waals surface area contributed by atoms with Crippen molar-refractivity contribution in [1.82, 2.24) is 4.98 Å². The van der Waals surface area contributed by atoms with Crippen LogP contribution in [0.3, 0.4) is 0 Å². The van der Waals surface area contributed by atoms with Gasteiger partial charge in [0.2, 0.25) is 0 Å². The normalized spacial score (nSPS) is 9.91. The van der Waals surface area contributed by atoms with Crippen molar-refractivity contribution in [2.45, 2.75) is 26.2 Å². The molecule has 60 valence electrons. The van der Waals surface area contributed by atoms with Gasteiger partial charge in [-0.15, -0.1) is 0 Å². The minimum absolute atomic E-state index is 0.677. The first-order valence-electron chi connectivity index (χ1n) is 4.00. The number of rotatable bonds is 4. The summed E-state index contributed by atoms with van der Waals surface area (Å²) in [6.07, 6.45) is 4.26. The molecule has 0 aromatic carbocycles. The van der Waals surface area contributed by atoms with Crippen molar-refractivity contribution >= 4 is 6.29 Å². The van der Waals surface area contributed by atoms with Gasteiger partial charge in [-0.1, -0.05) is 13.3 Å². The van der Waals surface area contributed by atoms with Crippen LogP contribution in [0.4, 0.5) is 0 Å². The summed E-state index contributed by atoms with van der Waals surface area (Å²) >= 11 is 0. The molecule has 0 aliphatic rings. The number of aldehydes is 1. The highest BCUT2D eigenvalue weighted by molar-refractivity contribution is 5.71. The highest BCUT2D eigenvalue weighted by Crippen LogP contribution is 2.03. The van der Waals surface area contributed by atoms with Gasteiger partial charge < -0.3 is 4.98 Å². The standard InChI is InChI=1S/C9H13NO/c1-2-3-4-8-5-6-9(7-11)10-8/h5-7,10H,2-4H2,1H3. The fourth-order valence-corrected chi connectivity index (χ4v) is 1.04. The van der Waals surface area contributed by atoms with Gasteiger partial charge in [0.05, 0.1) is 5.69 Å². The van der Waals surface area contributed by atoms with Crippen molar-refractivity contribution in [2.75, 3.05) is 0 Å². The maximum Gasteiger partial charge on any atom is 0.166 e. The monoisotopic (exact) mass is 151 g/mol. The number of H-pyrrole nitrogens is 1. The Morgan fingerprint density at radius 1 is 1.55 bits per heavy atom. The average Bonchev–Trinajstić information content (AvgIpc) is 2.48. The smallest absolute Gasteiger partial charge is 0.166 e. The summed E-state index contributed by atoms with van der Waals surface area (Å²) in [4.78, 5) is 13.3. The van der Waals surface area contributed by atoms with Crippen LogP contribution in [0.1, 0.15) is 35.9 Å². The Labute approximate surface area is 66.6 Å². The molecular weight excluding hydrogens is 138 g/mol. The van der Waals surface area contributed by atoms with Crippen LogP contribution in [0, 0.1) is 0 Å². The van der Waals surface area contributed by atoms with Crippen LogP contribution in [-0.2, 0) is 6.42 Å². The maximum atomic E-state index is 10.3. The number of carbonyl (C=O) groups is 1. The van der Waals surface area contributed by atoms with Crippen molar-refractivity contribution in [3.8, 4) is 0 Å². The second kappa shape index (κ2) is 3.96. The third-order valence-corrected chi connectivity index (χ3v) is 1.70. The van der Waals surface area contributed by atoms with Crippen LogP contribution in [0.2, 0.25) is 0 Å². The molecule has 0 bridgehead atoms. The highest BCUT2D eigenvalue weighted by atomic mass is 16.1. The van der Waals surface area contributed by atoms with Crippen molar-refractivity contribution < 1.29 is 4.79 Å². The van der Waals surface area contributed by atoms with Gasteiger partial charge in [-0.2, -0.15) is 0 Å². The quantitative estimate of drug-likeness (QED) is 0.657. The lowest BCUT2D eigenvalue weighted by Crippen LogP contribution is -1.85. The first-order valence-corrected chi connectivity index (χ1v) is 4.00. The number of unbranched alkanes of at least 4 members (excludes halogenated alkanes) is 1. The van der Waals surface area contributed by atoms with E-state index in [1.807, 2.05) is 12.1 Å². The summed E-state index contributed by atoms with van der Waals surface area (Å²) in [5.41, 5.74) is 1.84. The Bertz CT molecular complexity index is 227. The van der Waals surface area contributed by atoms with E-state index in [-0.39, 0.29) is 0 Å². The Balaban J connectivity index is 2.51. The van der Waals surface area contributed by atoms with Gasteiger partial charge in [-0.3, -0.25) is 4.79 Å². The molecule has 1 rings (SSSR count). The molecule has 2 nitrogen and oxygen atoms in total. The Morgan fingerprint density at radius 3 is 2.91 bits per heavy atom. The molecule has 0 amide bonds. The Kier molecular flexibility index (Phi) is 2.90. The number of aromatic nitrogens is 1. The molecule has 0 spiro atoms. The zero-order valence-electron chi connectivity index (χ0n) is 6.76. The number of aryl methyl sites for hydroxylation is 1. The number of nitrogens with one attached hydrogen (secondary N) is 1. The van der Waals surface area contributed by atoms with E-state index in [0.717, 1.165) is 18.4 Å². The SMILES string of the molecule is CCCCc1ccc(C=O)[nH]1. The number of hydrogen-bond acceptors (Lipinski definition) is 1. The predicted octanol–water partition coefficient (Wildman–Crippen LogP) is 2.17. The van der Waals surface area contributed by atoms with Crippen LogP contribution in [0.5, 0.6) is 0 Å². The summed E-state index contributed by atoms with van der Waals surface area (Å²) < 4.78 is 0. The first-order chi connectivity index (χ1) is 5.36. The van der Waals surface area contributed by atoms with Gasteiger partial charge >= 0.3 is 0 Å². The lowest BCUT2D eigenvalue weighted by atomic mass is 10.2. The molecule has 0 unspecified atom stereocenters. The first kappa shape index (κ1) is 8.05. The van der Waals surface area contributed by atoms with E-state index in [9.17, 15) is 4.79 Å². The second-order valence-corrected chi connectivity index (χ2v) is 2.66. The van der Waals surface area contributed by atoms with Crippen LogP contribution >= 0.6 is 0 Å². The molecule has 0 atom stereocenters. The van der Waals surface area contributed by atoms with E-state index in [2.05, 4.69) is 11.9 Å². The van der Waals surface area contributed by atoms with E-state index < -0.39 is 0 Å². The maximum absolute atomic E-state index is 10.3. The summed E-state index contributed by atoms with van der Waals surface area (Å²) in [5.74, 6) is 0. The summed E-state index contributed by atoms with van der Waals surface area (Å²) in [6.45, 7) is 2.16. The zero-order valence-corrected chi connectivity index (χ0v) is 6.76. The summed E-state index contributed by atoms with van der Waals surface area (Å²) in [7, 11) is 0. The number of carbonyl (C=O) groups excluding carboxylic acids is 1. The van der Waals surface area contributed by atoms with Crippen molar-refractivity contribution in [2.24, 2.45) is 0 Å². The molecule has 1 heterocycles. The molecule has 0 aliphatic carbocycles. The molecule has 2 heteroatoms. The Hall–Kier alpha value is -1.05. The van der Waals surface area contributed by atoms with E-state index in [4.69, 9.17) is 0 Å². The molecule has 1 aromatic rings. The minimum atomic E-state index is 0.677. The van der Waals surface area contributed by atoms with E-state index in [1.165, 1.54) is 12.8 Å². The molecule has 0 saturated carbocycles. The van der Waals surface area contributed by atoms with Gasteiger partial charge in [0.15, 0.2) is 6.29 Å². The topological polar surface area (TPSA) is 32.9 Å². The van der Waals surface area contributed by atoms with Crippen molar-refractivity contribution in [3.05, 3.63) is 23.5 Å². The lowest BCUT2D eigenvalue weighted by Gasteiger charge is -1.92. The average molecular weight is 151 g/mol. The molecule has 0 aliphatic heterocycles. The van der Waals surface area contributed by atoms with Gasteiger partial charge in [0, 0.05) is 5.69 Å². The molecule has 0 radical (unpaired) electrons. The highest BCUT2D eigenvalue weighted by Gasteiger charge is 1.95. The number of hydrogen-bond donors (Lipinski definition) is 1. The largest absolute Gasteiger partial charge is 0.356 e. The van der Waals surface area contributed by atoms with Gasteiger partial charge in [0.1, 0.15) is 0 Å². The third-order valence-electron chi connectivity index (χ3n) is 1.70. The predicted molar refractivity (Wildman–Crippen MR) is 44.8 cm³/mol. The van der Waals surface area contributed by atoms with E-state index in [1.54, 1.807) is 0 Å². The molecule has 11 heavy (non-hydrogen) atoms. The van der Waals surface area contributed by atoms with Gasteiger partial charge in [0.25, 0.3) is 0 Å². The van der Waals surface area contributed by atoms with Crippen LogP contribution in [0.15, 0.2) is 12.1 Å². The fourth-order valence-electron chi connectivity index (χ4n) is 1.04. The molecule has 0 fully saturated rings. The fraction of sp³-hybridized carbons (Fsp3) is 0.444. The van der Waals surface area contributed by atoms with Gasteiger partial charge in [-0.05, 0) is 25.0 Å². The lowest BCUT2D eigenvalue weighted by molar-refractivity contribution is 0.111. The summed E-state index contributed by atoms with van der Waals surface area (Å²) in [5, 5.41) is 0. The summed E-state index contributed by atoms with van der Waals surface area (Å²) in [6, 6.07) is 3.79. The molecule has 1 N–H and O–H groups in total. The number of aromatic amines is 1. The van der Waals surface area contributed by atoms with E-state index >= 15 is 0 Å². The molecule has 1 aromatic heterocycles. The van der Waals surface area contributed by atoms with Gasteiger partial charge in [-0.25, -0.2) is 0 Å². The third kappa shape index (κ3) is 2.22. The second-order valence-electron chi connectivity index (χ2n) is 2.66. The van der Waals surface area contributed by atoms with E-state index in [0.29, 0.717) is 5.69 Å². The molecule has 0 saturated heterocycles. The Morgan fingerprint density at radius 2 is 2.36 bits per heavy atom. The van der Waals surface area contributed by atoms with Crippen molar-refractivity contribution in [3.63, 3.8) is 0 Å². The minimum Gasteiger partial charge on any atom is -0.356 e. The molecular formula is C9H13NO. The van der Waals surface area contributed by atoms with Crippen LogP contribution < -0.4 is 0 Å². The van der Waals surface area contributed by atoms with Crippen LogP contribution in [-0.4, -0.2) is 11.3 Å². The van der Waals surface area contributed by atoms with Crippen LogP contribution in [0.25, 0.3) is 0 Å². The van der Waals surface area contributed by atoms with Crippen molar-refractivity contribution in [1.29, 1.82) is 0 Å².